The van der Waals surface area contributed by atoms with Gasteiger partial charge in [0.2, 0.25) is 0 Å². The Balaban J connectivity index is 2.22. The van der Waals surface area contributed by atoms with Crippen molar-refractivity contribution in [1.29, 1.82) is 0 Å². The second-order valence-corrected chi connectivity index (χ2v) is 4.15. The minimum absolute atomic E-state index is 0.317. The maximum atomic E-state index is 13.7. The van der Waals surface area contributed by atoms with Crippen LogP contribution < -0.4 is 0 Å². The van der Waals surface area contributed by atoms with Crippen LogP contribution in [0.15, 0.2) is 24.3 Å². The first-order valence-electron chi connectivity index (χ1n) is 5.62. The van der Waals surface area contributed by atoms with E-state index in [1.807, 2.05) is 0 Å². The Morgan fingerprint density at radius 3 is 2.88 bits per heavy atom. The number of hydrogen-bond acceptors (Lipinski definition) is 2. The summed E-state index contributed by atoms with van der Waals surface area (Å²) in [5, 5.41) is 4.19. The molecule has 3 nitrogen and oxygen atoms in total. The molecule has 3 rings (SSSR count). The van der Waals surface area contributed by atoms with Crippen molar-refractivity contribution < 1.29 is 9.18 Å². The van der Waals surface area contributed by atoms with Crippen molar-refractivity contribution in [2.45, 2.75) is 19.3 Å². The van der Waals surface area contributed by atoms with Crippen LogP contribution in [0.4, 0.5) is 4.39 Å². The summed E-state index contributed by atoms with van der Waals surface area (Å²) in [7, 11) is 0. The minimum Gasteiger partial charge on any atom is -0.296 e. The van der Waals surface area contributed by atoms with E-state index < -0.39 is 0 Å². The Kier molecular flexibility index (Phi) is 2.28. The zero-order valence-corrected chi connectivity index (χ0v) is 9.19. The van der Waals surface area contributed by atoms with Gasteiger partial charge in [-0.2, -0.15) is 5.10 Å². The van der Waals surface area contributed by atoms with Gasteiger partial charge in [-0.3, -0.25) is 4.79 Å². The summed E-state index contributed by atoms with van der Waals surface area (Å²) < 4.78 is 15.3. The summed E-state index contributed by atoms with van der Waals surface area (Å²) in [6, 6.07) is 6.49. The fourth-order valence-corrected chi connectivity index (χ4v) is 2.38. The second-order valence-electron chi connectivity index (χ2n) is 4.15. The van der Waals surface area contributed by atoms with Crippen LogP contribution in [0.2, 0.25) is 0 Å². The number of hydrogen-bond donors (Lipinski definition) is 0. The average molecular weight is 230 g/mol. The second kappa shape index (κ2) is 3.80. The van der Waals surface area contributed by atoms with Gasteiger partial charge < -0.3 is 0 Å². The molecule has 0 aliphatic heterocycles. The Hall–Kier alpha value is -1.97. The summed E-state index contributed by atoms with van der Waals surface area (Å²) in [5.41, 5.74) is 2.81. The molecule has 0 atom stereocenters. The van der Waals surface area contributed by atoms with Gasteiger partial charge in [0, 0.05) is 11.3 Å². The maximum absolute atomic E-state index is 13.7. The van der Waals surface area contributed by atoms with Crippen LogP contribution in [0.5, 0.6) is 0 Å². The zero-order valence-electron chi connectivity index (χ0n) is 9.19. The lowest BCUT2D eigenvalue weighted by atomic mass is 10.2. The fraction of sp³-hybridized carbons (Fsp3) is 0.231. The van der Waals surface area contributed by atoms with E-state index in [2.05, 4.69) is 5.10 Å². The fourth-order valence-electron chi connectivity index (χ4n) is 2.38. The molecule has 1 aromatic heterocycles. The first-order chi connectivity index (χ1) is 8.31. The number of nitrogens with zero attached hydrogens (tertiary/aromatic N) is 2. The van der Waals surface area contributed by atoms with Gasteiger partial charge >= 0.3 is 0 Å². The molecule has 0 amide bonds. The number of para-hydroxylation sites is 1. The van der Waals surface area contributed by atoms with Crippen LogP contribution in [-0.2, 0) is 12.8 Å². The molecule has 0 unspecified atom stereocenters. The Bertz CT molecular complexity index is 589. The number of aldehydes is 1. The first-order valence-corrected chi connectivity index (χ1v) is 5.62. The van der Waals surface area contributed by atoms with E-state index in [-0.39, 0.29) is 5.82 Å². The van der Waals surface area contributed by atoms with Crippen LogP contribution in [0.1, 0.15) is 28.2 Å². The highest BCUT2D eigenvalue weighted by Gasteiger charge is 2.23. The highest BCUT2D eigenvalue weighted by Crippen LogP contribution is 2.27. The maximum Gasteiger partial charge on any atom is 0.170 e. The van der Waals surface area contributed by atoms with Crippen LogP contribution in [0.3, 0.4) is 0 Å². The zero-order chi connectivity index (χ0) is 11.8. The first kappa shape index (κ1) is 10.2. The molecule has 0 radical (unpaired) electrons. The van der Waals surface area contributed by atoms with Gasteiger partial charge in [-0.25, -0.2) is 9.07 Å². The molecule has 0 saturated heterocycles. The van der Waals surface area contributed by atoms with Crippen LogP contribution >= 0.6 is 0 Å². The van der Waals surface area contributed by atoms with Crippen LogP contribution in [0, 0.1) is 5.82 Å². The largest absolute Gasteiger partial charge is 0.296 e. The summed E-state index contributed by atoms with van der Waals surface area (Å²) in [6.07, 6.45) is 3.46. The summed E-state index contributed by atoms with van der Waals surface area (Å²) >= 11 is 0. The summed E-state index contributed by atoms with van der Waals surface area (Å²) in [6.45, 7) is 0. The van der Waals surface area contributed by atoms with Crippen molar-refractivity contribution in [2.75, 3.05) is 0 Å². The molecule has 2 aromatic rings. The topological polar surface area (TPSA) is 34.9 Å². The third-order valence-electron chi connectivity index (χ3n) is 3.15. The van der Waals surface area contributed by atoms with Gasteiger partial charge in [-0.1, -0.05) is 12.1 Å². The van der Waals surface area contributed by atoms with Gasteiger partial charge in [0.1, 0.15) is 17.2 Å². The average Bonchev–Trinajstić information content (AvgIpc) is 2.91. The van der Waals surface area contributed by atoms with Gasteiger partial charge in [0.05, 0.1) is 0 Å². The van der Waals surface area contributed by atoms with Crippen molar-refractivity contribution in [1.82, 2.24) is 9.78 Å². The monoisotopic (exact) mass is 230 g/mol. The number of rotatable bonds is 2. The van der Waals surface area contributed by atoms with E-state index in [1.54, 1.807) is 22.9 Å². The van der Waals surface area contributed by atoms with Crippen molar-refractivity contribution >= 4 is 6.29 Å². The van der Waals surface area contributed by atoms with Gasteiger partial charge in [-0.05, 0) is 31.4 Å². The molecule has 4 heteroatoms. The van der Waals surface area contributed by atoms with Gasteiger partial charge in [0.25, 0.3) is 0 Å². The molecule has 1 aromatic carbocycles. The van der Waals surface area contributed by atoms with Crippen LogP contribution in [0.25, 0.3) is 5.69 Å². The molecule has 0 fully saturated rings. The molecule has 1 aliphatic rings. The van der Waals surface area contributed by atoms with Gasteiger partial charge in [0.15, 0.2) is 6.29 Å². The van der Waals surface area contributed by atoms with E-state index in [0.717, 1.165) is 36.8 Å². The molecule has 1 heterocycles. The summed E-state index contributed by atoms with van der Waals surface area (Å²) in [5.74, 6) is -0.317. The normalized spacial score (nSPS) is 13.7. The van der Waals surface area contributed by atoms with Crippen molar-refractivity contribution in [3.05, 3.63) is 47.0 Å². The smallest absolute Gasteiger partial charge is 0.170 e. The molecule has 0 saturated carbocycles. The molecular weight excluding hydrogens is 219 g/mol. The number of carbonyl (C=O) groups is 1. The third kappa shape index (κ3) is 1.48. The molecule has 86 valence electrons. The molecule has 0 spiro atoms. The minimum atomic E-state index is -0.317. The molecular formula is C13H11FN2O. The Labute approximate surface area is 97.9 Å². The van der Waals surface area contributed by atoms with Crippen LogP contribution in [-0.4, -0.2) is 16.1 Å². The van der Waals surface area contributed by atoms with E-state index in [4.69, 9.17) is 0 Å². The summed E-state index contributed by atoms with van der Waals surface area (Å²) in [4.78, 5) is 10.9. The molecule has 1 aliphatic carbocycles. The van der Waals surface area contributed by atoms with E-state index >= 15 is 0 Å². The highest BCUT2D eigenvalue weighted by atomic mass is 19.1. The van der Waals surface area contributed by atoms with E-state index in [9.17, 15) is 9.18 Å². The Morgan fingerprint density at radius 1 is 1.29 bits per heavy atom. The molecule has 0 N–H and O–H groups in total. The number of benzene rings is 1. The quantitative estimate of drug-likeness (QED) is 0.742. The number of carbonyl (C=O) groups excluding carboxylic acids is 1. The highest BCUT2D eigenvalue weighted by molar-refractivity contribution is 5.75. The molecule has 17 heavy (non-hydrogen) atoms. The lowest BCUT2D eigenvalue weighted by Gasteiger charge is -2.05. The SMILES string of the molecule is O=Cc1nn(-c2ccccc2F)c2c1CCC2. The lowest BCUT2D eigenvalue weighted by molar-refractivity contribution is 0.111. The predicted molar refractivity (Wildman–Crippen MR) is 60.9 cm³/mol. The number of halogens is 1. The standard InChI is InChI=1S/C13H11FN2O/c14-10-5-1-2-6-13(10)16-12-7-3-4-9(12)11(8-17)15-16/h1-2,5-6,8H,3-4,7H2. The third-order valence-corrected chi connectivity index (χ3v) is 3.15. The molecule has 0 bridgehead atoms. The van der Waals surface area contributed by atoms with Crippen molar-refractivity contribution in [3.8, 4) is 5.69 Å². The number of fused-ring (bicyclic) bond motifs is 1. The van der Waals surface area contributed by atoms with Gasteiger partial charge in [-0.15, -0.1) is 0 Å². The van der Waals surface area contributed by atoms with E-state index in [0.29, 0.717) is 11.4 Å². The number of aromatic nitrogens is 2. The van der Waals surface area contributed by atoms with E-state index in [1.165, 1.54) is 6.07 Å². The predicted octanol–water partition coefficient (Wildman–Crippen LogP) is 2.31. The van der Waals surface area contributed by atoms with Crippen molar-refractivity contribution in [3.63, 3.8) is 0 Å². The lowest BCUT2D eigenvalue weighted by Crippen LogP contribution is -2.03. The van der Waals surface area contributed by atoms with Crippen molar-refractivity contribution in [2.24, 2.45) is 0 Å². The Morgan fingerprint density at radius 2 is 2.12 bits per heavy atom.